The number of benzene rings is 2. The van der Waals surface area contributed by atoms with E-state index in [1.807, 2.05) is 6.92 Å². The number of carbonyl (C=O) groups is 1. The zero-order chi connectivity index (χ0) is 23.8. The Balaban J connectivity index is 1.57. The number of fused-ring (bicyclic) bond motifs is 1. The summed E-state index contributed by atoms with van der Waals surface area (Å²) in [5, 5.41) is 10.2. The van der Waals surface area contributed by atoms with Crippen molar-refractivity contribution >= 4 is 58.7 Å². The SMILES string of the molecule is C=Nc1cc2c(cc1/C(=C\C)Oc1ccc(NC(=S)NC3CC3)c(Cl)c1)C(=O)NC(C)(C)O2. The van der Waals surface area contributed by atoms with Gasteiger partial charge in [-0.15, -0.1) is 0 Å². The van der Waals surface area contributed by atoms with E-state index in [4.69, 9.17) is 33.3 Å². The lowest BCUT2D eigenvalue weighted by atomic mass is 10.0. The van der Waals surface area contributed by atoms with Crippen LogP contribution in [-0.2, 0) is 0 Å². The van der Waals surface area contributed by atoms with Gasteiger partial charge in [-0.25, -0.2) is 0 Å². The summed E-state index contributed by atoms with van der Waals surface area (Å²) in [7, 11) is 0. The van der Waals surface area contributed by atoms with Gasteiger partial charge >= 0.3 is 0 Å². The molecule has 4 rings (SSSR count). The number of rotatable bonds is 6. The van der Waals surface area contributed by atoms with E-state index < -0.39 is 5.72 Å². The second kappa shape index (κ2) is 9.03. The molecule has 1 aliphatic carbocycles. The molecular weight excluding hydrogens is 460 g/mol. The number of hydrogen-bond acceptors (Lipinski definition) is 5. The van der Waals surface area contributed by atoms with Gasteiger partial charge in [0.2, 0.25) is 0 Å². The van der Waals surface area contributed by atoms with Crippen LogP contribution in [0.15, 0.2) is 41.4 Å². The van der Waals surface area contributed by atoms with Crippen LogP contribution in [0.5, 0.6) is 11.5 Å². The first-order valence-electron chi connectivity index (χ1n) is 10.6. The molecule has 1 heterocycles. The minimum absolute atomic E-state index is 0.234. The quantitative estimate of drug-likeness (QED) is 0.288. The molecule has 33 heavy (non-hydrogen) atoms. The van der Waals surface area contributed by atoms with Gasteiger partial charge in [-0.1, -0.05) is 11.6 Å². The molecule has 0 spiro atoms. The summed E-state index contributed by atoms with van der Waals surface area (Å²) in [6, 6.07) is 9.12. The molecular formula is C24H25ClN4O3S. The third-order valence-electron chi connectivity index (χ3n) is 5.15. The Bertz CT molecular complexity index is 1170. The van der Waals surface area contributed by atoms with Crippen LogP contribution in [0.25, 0.3) is 5.76 Å². The Morgan fingerprint density at radius 2 is 2.12 bits per heavy atom. The molecule has 2 aliphatic rings. The Morgan fingerprint density at radius 1 is 1.36 bits per heavy atom. The van der Waals surface area contributed by atoms with E-state index in [0.29, 0.717) is 55.9 Å². The maximum absolute atomic E-state index is 12.6. The maximum Gasteiger partial charge on any atom is 0.258 e. The lowest BCUT2D eigenvalue weighted by molar-refractivity contribution is 0.0433. The van der Waals surface area contributed by atoms with Crippen LogP contribution >= 0.6 is 23.8 Å². The largest absolute Gasteiger partial charge is 0.468 e. The number of halogens is 1. The number of thiocarbonyl (C=S) groups is 1. The zero-order valence-electron chi connectivity index (χ0n) is 18.6. The highest BCUT2D eigenvalue weighted by molar-refractivity contribution is 7.80. The number of anilines is 1. The fourth-order valence-electron chi connectivity index (χ4n) is 3.43. The third kappa shape index (κ3) is 5.29. The fourth-order valence-corrected chi connectivity index (χ4v) is 3.92. The summed E-state index contributed by atoms with van der Waals surface area (Å²) < 4.78 is 12.0. The first kappa shape index (κ1) is 23.1. The summed E-state index contributed by atoms with van der Waals surface area (Å²) in [4.78, 5) is 16.7. The molecule has 1 amide bonds. The van der Waals surface area contributed by atoms with E-state index in [0.717, 1.165) is 12.8 Å². The first-order chi connectivity index (χ1) is 15.7. The van der Waals surface area contributed by atoms with Gasteiger partial charge in [0.15, 0.2) is 10.8 Å². The molecule has 0 radical (unpaired) electrons. The van der Waals surface area contributed by atoms with Gasteiger partial charge in [0.05, 0.1) is 22.0 Å². The third-order valence-corrected chi connectivity index (χ3v) is 5.68. The molecule has 1 fully saturated rings. The Labute approximate surface area is 203 Å². The van der Waals surface area contributed by atoms with Crippen molar-refractivity contribution in [3.63, 3.8) is 0 Å². The number of allylic oxidation sites excluding steroid dienone is 1. The first-order valence-corrected chi connectivity index (χ1v) is 11.4. The number of nitrogens with one attached hydrogen (secondary N) is 3. The molecule has 9 heteroatoms. The normalized spacial score (nSPS) is 16.7. The minimum atomic E-state index is -0.813. The monoisotopic (exact) mass is 484 g/mol. The summed E-state index contributed by atoms with van der Waals surface area (Å²) in [5.41, 5.74) is 1.41. The van der Waals surface area contributed by atoms with Crippen LogP contribution in [0.4, 0.5) is 11.4 Å². The summed E-state index contributed by atoms with van der Waals surface area (Å²) >= 11 is 11.8. The number of nitrogens with zero attached hydrogens (tertiary/aromatic N) is 1. The highest BCUT2D eigenvalue weighted by Gasteiger charge is 2.32. The lowest BCUT2D eigenvalue weighted by Crippen LogP contribution is -2.51. The fraction of sp³-hybridized carbons (Fsp3) is 0.292. The number of carbonyl (C=O) groups excluding carboxylic acids is 1. The van der Waals surface area contributed by atoms with Crippen molar-refractivity contribution in [2.45, 2.75) is 45.4 Å². The van der Waals surface area contributed by atoms with Gasteiger partial charge in [0.25, 0.3) is 5.91 Å². The summed E-state index contributed by atoms with van der Waals surface area (Å²) in [6.07, 6.45) is 4.05. The number of aliphatic imine (C=N–C) groups is 1. The van der Waals surface area contributed by atoms with Gasteiger partial charge in [0.1, 0.15) is 17.3 Å². The van der Waals surface area contributed by atoms with Crippen LogP contribution < -0.4 is 25.4 Å². The van der Waals surface area contributed by atoms with Gasteiger partial charge < -0.3 is 25.4 Å². The molecule has 0 bridgehead atoms. The topological polar surface area (TPSA) is 84.0 Å². The van der Waals surface area contributed by atoms with Crippen molar-refractivity contribution in [2.75, 3.05) is 5.32 Å². The van der Waals surface area contributed by atoms with Crippen LogP contribution in [0, 0.1) is 0 Å². The molecule has 0 aromatic heterocycles. The molecule has 0 unspecified atom stereocenters. The van der Waals surface area contributed by atoms with Gasteiger partial charge in [-0.05, 0) is 76.8 Å². The predicted octanol–water partition coefficient (Wildman–Crippen LogP) is 5.42. The van der Waals surface area contributed by atoms with E-state index in [-0.39, 0.29) is 5.91 Å². The molecule has 2 aromatic carbocycles. The predicted molar refractivity (Wildman–Crippen MR) is 136 cm³/mol. The number of hydrogen-bond donors (Lipinski definition) is 3. The van der Waals surface area contributed by atoms with Crippen molar-refractivity contribution in [1.29, 1.82) is 0 Å². The van der Waals surface area contributed by atoms with Gasteiger partial charge in [-0.2, -0.15) is 0 Å². The van der Waals surface area contributed by atoms with Gasteiger partial charge in [0, 0.05) is 23.7 Å². The average molecular weight is 485 g/mol. The molecule has 172 valence electrons. The van der Waals surface area contributed by atoms with Crippen molar-refractivity contribution in [1.82, 2.24) is 10.6 Å². The minimum Gasteiger partial charge on any atom is -0.468 e. The Kier molecular flexibility index (Phi) is 6.32. The van der Waals surface area contributed by atoms with E-state index in [1.54, 1.807) is 50.3 Å². The second-order valence-corrected chi connectivity index (χ2v) is 9.17. The van der Waals surface area contributed by atoms with Crippen LogP contribution in [-0.4, -0.2) is 29.5 Å². The van der Waals surface area contributed by atoms with Gasteiger partial charge in [-0.3, -0.25) is 9.79 Å². The molecule has 1 aliphatic heterocycles. The summed E-state index contributed by atoms with van der Waals surface area (Å²) in [5.74, 6) is 1.23. The molecule has 1 saturated carbocycles. The summed E-state index contributed by atoms with van der Waals surface area (Å²) in [6.45, 7) is 9.05. The number of amides is 1. The van der Waals surface area contributed by atoms with E-state index >= 15 is 0 Å². The highest BCUT2D eigenvalue weighted by Crippen LogP contribution is 2.38. The molecule has 7 nitrogen and oxygen atoms in total. The maximum atomic E-state index is 12.6. The van der Waals surface area contributed by atoms with E-state index in [1.165, 1.54) is 0 Å². The molecule has 0 saturated heterocycles. The Morgan fingerprint density at radius 3 is 2.76 bits per heavy atom. The molecule has 2 aromatic rings. The average Bonchev–Trinajstić information content (AvgIpc) is 3.56. The lowest BCUT2D eigenvalue weighted by Gasteiger charge is -2.33. The van der Waals surface area contributed by atoms with Crippen LogP contribution in [0.1, 0.15) is 49.5 Å². The molecule has 0 atom stereocenters. The van der Waals surface area contributed by atoms with Crippen molar-refractivity contribution in [3.8, 4) is 11.5 Å². The second-order valence-electron chi connectivity index (χ2n) is 8.36. The van der Waals surface area contributed by atoms with Crippen LogP contribution in [0.3, 0.4) is 0 Å². The number of ether oxygens (including phenoxy) is 2. The molecule has 3 N–H and O–H groups in total. The zero-order valence-corrected chi connectivity index (χ0v) is 20.2. The smallest absolute Gasteiger partial charge is 0.258 e. The van der Waals surface area contributed by atoms with Crippen molar-refractivity contribution in [2.24, 2.45) is 4.99 Å². The van der Waals surface area contributed by atoms with E-state index in [2.05, 4.69) is 27.7 Å². The van der Waals surface area contributed by atoms with Crippen LogP contribution in [0.2, 0.25) is 5.02 Å². The Hall–Kier alpha value is -3.10. The van der Waals surface area contributed by atoms with E-state index in [9.17, 15) is 4.79 Å². The van der Waals surface area contributed by atoms with Crippen molar-refractivity contribution in [3.05, 3.63) is 52.6 Å². The highest BCUT2D eigenvalue weighted by atomic mass is 35.5. The standard InChI is InChI=1S/C24H25ClN4O3S/c1-5-20(15-11-16-21(12-19(15)26-4)32-24(2,3)29-22(16)30)31-14-8-9-18(17(25)10-14)28-23(33)27-13-6-7-13/h5,8-13H,4,6-7H2,1-3H3,(H,29,30)(H2,27,28,33)/b20-5+. The van der Waals surface area contributed by atoms with Crippen molar-refractivity contribution < 1.29 is 14.3 Å².